The van der Waals surface area contributed by atoms with Crippen LogP contribution in [0.4, 0.5) is 5.69 Å². The van der Waals surface area contributed by atoms with Gasteiger partial charge in [-0.05, 0) is 35.4 Å². The molecular weight excluding hydrogens is 286 g/mol. The van der Waals surface area contributed by atoms with Crippen molar-refractivity contribution >= 4 is 15.7 Å². The van der Waals surface area contributed by atoms with Gasteiger partial charge in [0.15, 0.2) is 0 Å². The normalized spacial score (nSPS) is 11.4. The van der Waals surface area contributed by atoms with Gasteiger partial charge in [-0.15, -0.1) is 0 Å². The van der Waals surface area contributed by atoms with Crippen molar-refractivity contribution in [1.29, 1.82) is 0 Å². The van der Waals surface area contributed by atoms with Crippen LogP contribution in [0.25, 0.3) is 0 Å². The Morgan fingerprint density at radius 1 is 0.952 bits per heavy atom. The van der Waals surface area contributed by atoms with E-state index in [9.17, 15) is 8.42 Å². The van der Waals surface area contributed by atoms with Gasteiger partial charge >= 0.3 is 0 Å². The average Bonchev–Trinajstić information content (AvgIpc) is 2.47. The summed E-state index contributed by atoms with van der Waals surface area (Å²) >= 11 is 0. The third-order valence-electron chi connectivity index (χ3n) is 3.28. The van der Waals surface area contributed by atoms with E-state index in [0.717, 1.165) is 23.4 Å². The Morgan fingerprint density at radius 2 is 1.48 bits per heavy atom. The number of benzene rings is 2. The topological polar surface area (TPSA) is 89.4 Å². The van der Waals surface area contributed by atoms with Crippen LogP contribution >= 0.6 is 0 Å². The average molecular weight is 305 g/mol. The fraction of sp³-hybridized carbons (Fsp3) is 0.200. The van der Waals surface area contributed by atoms with Gasteiger partial charge < -0.3 is 10.6 Å². The monoisotopic (exact) mass is 305 g/mol. The molecule has 0 aliphatic heterocycles. The van der Waals surface area contributed by atoms with Gasteiger partial charge in [0.25, 0.3) is 0 Å². The van der Waals surface area contributed by atoms with Gasteiger partial charge in [-0.3, -0.25) is 0 Å². The number of hydrogen-bond acceptors (Lipinski definition) is 4. The zero-order chi connectivity index (χ0) is 15.5. The third-order valence-corrected chi connectivity index (χ3v) is 4.21. The van der Waals surface area contributed by atoms with Gasteiger partial charge in [-0.2, -0.15) is 0 Å². The minimum absolute atomic E-state index is 0.118. The quantitative estimate of drug-likeness (QED) is 0.874. The summed E-state index contributed by atoms with van der Waals surface area (Å²) in [5.74, 6) is 0. The van der Waals surface area contributed by atoms with Crippen LogP contribution in [0, 0.1) is 0 Å². The molecule has 0 aliphatic carbocycles. The molecule has 0 fully saturated rings. The summed E-state index contributed by atoms with van der Waals surface area (Å²) in [4.78, 5) is 2.15. The van der Waals surface area contributed by atoms with Crippen molar-refractivity contribution in [3.63, 3.8) is 0 Å². The highest BCUT2D eigenvalue weighted by Crippen LogP contribution is 2.18. The number of rotatable bonds is 5. The highest BCUT2D eigenvalue weighted by molar-refractivity contribution is 7.89. The molecule has 0 unspecified atom stereocenters. The Morgan fingerprint density at radius 3 is 1.95 bits per heavy atom. The van der Waals surface area contributed by atoms with Crippen LogP contribution in [-0.2, 0) is 23.1 Å². The van der Waals surface area contributed by atoms with E-state index in [1.165, 1.54) is 12.1 Å². The SMILES string of the molecule is CN(Cc1ccc(CN)cc1)c1ccc(S(N)(=O)=O)cc1. The molecule has 0 saturated carbocycles. The number of sulfonamides is 1. The van der Waals surface area contributed by atoms with Gasteiger partial charge in [0.1, 0.15) is 0 Å². The lowest BCUT2D eigenvalue weighted by atomic mass is 10.1. The van der Waals surface area contributed by atoms with Crippen molar-refractivity contribution in [1.82, 2.24) is 0 Å². The molecule has 0 radical (unpaired) electrons. The van der Waals surface area contributed by atoms with Gasteiger partial charge in [-0.1, -0.05) is 24.3 Å². The molecule has 2 aromatic carbocycles. The van der Waals surface area contributed by atoms with Crippen molar-refractivity contribution < 1.29 is 8.42 Å². The highest BCUT2D eigenvalue weighted by Gasteiger charge is 2.08. The molecule has 0 bridgehead atoms. The van der Waals surface area contributed by atoms with Crippen LogP contribution in [0.15, 0.2) is 53.4 Å². The maximum absolute atomic E-state index is 11.2. The molecule has 2 aromatic rings. The summed E-state index contributed by atoms with van der Waals surface area (Å²) < 4.78 is 22.4. The fourth-order valence-corrected chi connectivity index (χ4v) is 2.55. The van der Waals surface area contributed by atoms with Gasteiger partial charge in [0.2, 0.25) is 10.0 Å². The van der Waals surface area contributed by atoms with Crippen molar-refractivity contribution in [2.24, 2.45) is 10.9 Å². The van der Waals surface area contributed by atoms with Crippen LogP contribution in [0.1, 0.15) is 11.1 Å². The predicted octanol–water partition coefficient (Wildman–Crippen LogP) is 1.43. The first-order chi connectivity index (χ1) is 9.90. The van der Waals surface area contributed by atoms with E-state index in [2.05, 4.69) is 0 Å². The zero-order valence-electron chi connectivity index (χ0n) is 11.9. The van der Waals surface area contributed by atoms with Crippen LogP contribution in [-0.4, -0.2) is 15.5 Å². The second kappa shape index (κ2) is 6.26. The molecular formula is C15H19N3O2S. The summed E-state index contributed by atoms with van der Waals surface area (Å²) in [5, 5.41) is 5.08. The van der Waals surface area contributed by atoms with E-state index in [0.29, 0.717) is 6.54 Å². The van der Waals surface area contributed by atoms with Gasteiger partial charge in [0, 0.05) is 25.8 Å². The smallest absolute Gasteiger partial charge is 0.238 e. The number of hydrogen-bond donors (Lipinski definition) is 2. The van der Waals surface area contributed by atoms with Crippen molar-refractivity contribution in [3.05, 3.63) is 59.7 Å². The summed E-state index contributed by atoms with van der Waals surface area (Å²) in [5.41, 5.74) is 8.75. The lowest BCUT2D eigenvalue weighted by Crippen LogP contribution is -2.17. The largest absolute Gasteiger partial charge is 0.370 e. The Hall–Kier alpha value is -1.89. The second-order valence-electron chi connectivity index (χ2n) is 4.92. The maximum atomic E-state index is 11.2. The second-order valence-corrected chi connectivity index (χ2v) is 6.48. The number of primary sulfonamides is 1. The lowest BCUT2D eigenvalue weighted by molar-refractivity contribution is 0.598. The standard InChI is InChI=1S/C15H19N3O2S/c1-18(11-13-4-2-12(10-16)3-5-13)14-6-8-15(9-7-14)21(17,19)20/h2-9H,10-11,16H2,1H3,(H2,17,19,20). The Balaban J connectivity index is 2.10. The molecule has 4 N–H and O–H groups in total. The molecule has 2 rings (SSSR count). The summed E-state index contributed by atoms with van der Waals surface area (Å²) in [6, 6.07) is 14.6. The lowest BCUT2D eigenvalue weighted by Gasteiger charge is -2.19. The van der Waals surface area contributed by atoms with E-state index in [1.54, 1.807) is 12.1 Å². The molecule has 6 heteroatoms. The minimum atomic E-state index is -3.64. The first kappa shape index (κ1) is 15.5. The van der Waals surface area contributed by atoms with E-state index in [1.807, 2.05) is 36.2 Å². The van der Waals surface area contributed by atoms with Crippen LogP contribution in [0.5, 0.6) is 0 Å². The van der Waals surface area contributed by atoms with Crippen LogP contribution < -0.4 is 15.8 Å². The third kappa shape index (κ3) is 4.04. The molecule has 112 valence electrons. The number of nitrogens with zero attached hydrogens (tertiary/aromatic N) is 1. The van der Waals surface area contributed by atoms with Crippen molar-refractivity contribution in [2.75, 3.05) is 11.9 Å². The molecule has 0 spiro atoms. The van der Waals surface area contributed by atoms with Gasteiger partial charge in [-0.25, -0.2) is 13.6 Å². The molecule has 5 nitrogen and oxygen atoms in total. The zero-order valence-corrected chi connectivity index (χ0v) is 12.7. The first-order valence-corrected chi connectivity index (χ1v) is 8.06. The summed E-state index contributed by atoms with van der Waals surface area (Å²) in [6.07, 6.45) is 0. The predicted molar refractivity (Wildman–Crippen MR) is 84.3 cm³/mol. The minimum Gasteiger partial charge on any atom is -0.370 e. The molecule has 0 aliphatic rings. The number of anilines is 1. The Labute approximate surface area is 125 Å². The number of nitrogens with two attached hydrogens (primary N) is 2. The molecule has 0 atom stereocenters. The molecule has 0 saturated heterocycles. The van der Waals surface area contributed by atoms with Crippen molar-refractivity contribution in [2.45, 2.75) is 18.0 Å². The Kier molecular flexibility index (Phi) is 4.62. The Bertz CT molecular complexity index is 695. The van der Waals surface area contributed by atoms with E-state index in [4.69, 9.17) is 10.9 Å². The van der Waals surface area contributed by atoms with E-state index >= 15 is 0 Å². The summed E-state index contributed by atoms with van der Waals surface area (Å²) in [7, 11) is -1.70. The molecule has 0 amide bonds. The van der Waals surface area contributed by atoms with Crippen LogP contribution in [0.3, 0.4) is 0 Å². The van der Waals surface area contributed by atoms with Crippen LogP contribution in [0.2, 0.25) is 0 Å². The summed E-state index contributed by atoms with van der Waals surface area (Å²) in [6.45, 7) is 1.25. The molecule has 0 heterocycles. The van der Waals surface area contributed by atoms with E-state index in [-0.39, 0.29) is 4.90 Å². The van der Waals surface area contributed by atoms with Gasteiger partial charge in [0.05, 0.1) is 4.90 Å². The fourth-order valence-electron chi connectivity index (χ4n) is 2.04. The van der Waals surface area contributed by atoms with E-state index < -0.39 is 10.0 Å². The highest BCUT2D eigenvalue weighted by atomic mass is 32.2. The maximum Gasteiger partial charge on any atom is 0.238 e. The van der Waals surface area contributed by atoms with Crippen molar-refractivity contribution in [3.8, 4) is 0 Å². The molecule has 0 aromatic heterocycles. The first-order valence-electron chi connectivity index (χ1n) is 6.52. The molecule has 21 heavy (non-hydrogen) atoms.